The maximum absolute atomic E-state index is 14.2. The average Bonchev–Trinajstić information content (AvgIpc) is 2.62. The second kappa shape index (κ2) is 7.02. The number of nitrogen functional groups attached to an aromatic ring is 1. The Morgan fingerprint density at radius 2 is 1.76 bits per heavy atom. The fourth-order valence-electron chi connectivity index (χ4n) is 2.67. The van der Waals surface area contributed by atoms with Crippen molar-refractivity contribution in [1.29, 1.82) is 5.26 Å². The summed E-state index contributed by atoms with van der Waals surface area (Å²) in [7, 11) is 0. The van der Waals surface area contributed by atoms with Crippen LogP contribution >= 0.6 is 0 Å². The third-order valence-electron chi connectivity index (χ3n) is 3.79. The number of pyridine rings is 1. The molecule has 0 radical (unpaired) electrons. The third kappa shape index (κ3) is 3.15. The van der Waals surface area contributed by atoms with E-state index in [0.29, 0.717) is 34.7 Å². The van der Waals surface area contributed by atoms with Crippen molar-refractivity contribution in [3.63, 3.8) is 0 Å². The minimum atomic E-state index is -0.400. The van der Waals surface area contributed by atoms with Crippen LogP contribution in [0.3, 0.4) is 0 Å². The molecule has 0 spiro atoms. The van der Waals surface area contributed by atoms with E-state index in [9.17, 15) is 9.65 Å². The lowest BCUT2D eigenvalue weighted by atomic mass is 9.97. The molecule has 3 rings (SSSR count). The van der Waals surface area contributed by atoms with Gasteiger partial charge in [-0.2, -0.15) is 5.26 Å². The molecule has 0 saturated carbocycles. The molecule has 0 bridgehead atoms. The van der Waals surface area contributed by atoms with E-state index in [1.807, 2.05) is 31.2 Å². The highest BCUT2D eigenvalue weighted by Gasteiger charge is 2.17. The van der Waals surface area contributed by atoms with Gasteiger partial charge in [0.2, 0.25) is 0 Å². The van der Waals surface area contributed by atoms with Crippen LogP contribution in [-0.2, 0) is 0 Å². The number of hydrogen-bond acceptors (Lipinski definition) is 4. The van der Waals surface area contributed by atoms with Gasteiger partial charge in [-0.1, -0.05) is 30.3 Å². The number of benzene rings is 2. The molecule has 3 aromatic rings. The molecular formula is C20H16FN3O. The Labute approximate surface area is 145 Å². The smallest absolute Gasteiger partial charge is 0.142 e. The summed E-state index contributed by atoms with van der Waals surface area (Å²) >= 11 is 0. The first-order valence-corrected chi connectivity index (χ1v) is 7.83. The molecular weight excluding hydrogens is 317 g/mol. The second-order valence-corrected chi connectivity index (χ2v) is 5.34. The first-order valence-electron chi connectivity index (χ1n) is 7.83. The van der Waals surface area contributed by atoms with Crippen molar-refractivity contribution in [1.82, 2.24) is 4.98 Å². The van der Waals surface area contributed by atoms with Gasteiger partial charge in [0.05, 0.1) is 12.3 Å². The topological polar surface area (TPSA) is 71.9 Å². The van der Waals surface area contributed by atoms with Crippen molar-refractivity contribution in [2.75, 3.05) is 12.3 Å². The van der Waals surface area contributed by atoms with Gasteiger partial charge in [-0.15, -0.1) is 0 Å². The van der Waals surface area contributed by atoms with Crippen LogP contribution < -0.4 is 10.5 Å². The Balaban J connectivity index is 2.27. The molecule has 0 aliphatic rings. The van der Waals surface area contributed by atoms with E-state index in [0.717, 1.165) is 0 Å². The van der Waals surface area contributed by atoms with E-state index in [-0.39, 0.29) is 11.4 Å². The van der Waals surface area contributed by atoms with Gasteiger partial charge in [-0.05, 0) is 31.2 Å². The monoisotopic (exact) mass is 333 g/mol. The summed E-state index contributed by atoms with van der Waals surface area (Å²) < 4.78 is 19.8. The van der Waals surface area contributed by atoms with E-state index < -0.39 is 5.82 Å². The molecule has 5 heteroatoms. The standard InChI is InChI=1S/C20H16FN3O/c1-2-25-19-10-6-4-7-13(19)15-11-18(24-20(23)16(15)12-22)14-8-3-5-9-17(14)21/h3-11H,2H2,1H3,(H2,23,24). The summed E-state index contributed by atoms with van der Waals surface area (Å²) in [5.41, 5.74) is 8.21. The van der Waals surface area contributed by atoms with Gasteiger partial charge in [0.1, 0.15) is 29.0 Å². The van der Waals surface area contributed by atoms with Gasteiger partial charge in [-0.3, -0.25) is 0 Å². The van der Waals surface area contributed by atoms with Gasteiger partial charge < -0.3 is 10.5 Å². The summed E-state index contributed by atoms with van der Waals surface area (Å²) in [4.78, 5) is 4.21. The van der Waals surface area contributed by atoms with Gasteiger partial charge in [0.25, 0.3) is 0 Å². The van der Waals surface area contributed by atoms with Crippen LogP contribution in [0.5, 0.6) is 5.75 Å². The van der Waals surface area contributed by atoms with Crippen LogP contribution in [0.25, 0.3) is 22.4 Å². The number of para-hydroxylation sites is 1. The maximum atomic E-state index is 14.2. The van der Waals surface area contributed by atoms with Crippen molar-refractivity contribution < 1.29 is 9.13 Å². The van der Waals surface area contributed by atoms with Crippen LogP contribution in [0, 0.1) is 17.1 Å². The minimum absolute atomic E-state index is 0.0598. The number of ether oxygens (including phenoxy) is 1. The van der Waals surface area contributed by atoms with Crippen molar-refractivity contribution in [2.45, 2.75) is 6.92 Å². The summed E-state index contributed by atoms with van der Waals surface area (Å²) in [5.74, 6) is 0.291. The number of nitrogens with two attached hydrogens (primary N) is 1. The summed E-state index contributed by atoms with van der Waals surface area (Å²) in [6.45, 7) is 2.37. The van der Waals surface area contributed by atoms with Crippen molar-refractivity contribution in [3.8, 4) is 34.2 Å². The second-order valence-electron chi connectivity index (χ2n) is 5.34. The van der Waals surface area contributed by atoms with Gasteiger partial charge in [0, 0.05) is 16.7 Å². The normalized spacial score (nSPS) is 10.3. The lowest BCUT2D eigenvalue weighted by Gasteiger charge is -2.14. The average molecular weight is 333 g/mol. The first kappa shape index (κ1) is 16.5. The van der Waals surface area contributed by atoms with Gasteiger partial charge in [0.15, 0.2) is 0 Å². The van der Waals surface area contributed by atoms with Crippen LogP contribution in [-0.4, -0.2) is 11.6 Å². The minimum Gasteiger partial charge on any atom is -0.493 e. The number of aromatic nitrogens is 1. The zero-order valence-corrected chi connectivity index (χ0v) is 13.7. The number of rotatable bonds is 4. The molecule has 2 aromatic carbocycles. The van der Waals surface area contributed by atoms with Crippen LogP contribution in [0.15, 0.2) is 54.6 Å². The molecule has 2 N–H and O–H groups in total. The number of anilines is 1. The molecule has 124 valence electrons. The van der Waals surface area contributed by atoms with Gasteiger partial charge in [-0.25, -0.2) is 9.37 Å². The lowest BCUT2D eigenvalue weighted by Crippen LogP contribution is -2.02. The van der Waals surface area contributed by atoms with Gasteiger partial charge >= 0.3 is 0 Å². The molecule has 0 saturated heterocycles. The summed E-state index contributed by atoms with van der Waals surface area (Å²) in [5, 5.41) is 9.51. The molecule has 1 heterocycles. The zero-order valence-electron chi connectivity index (χ0n) is 13.7. The number of halogens is 1. The first-order chi connectivity index (χ1) is 12.2. The summed E-state index contributed by atoms with van der Waals surface area (Å²) in [6.07, 6.45) is 0. The van der Waals surface area contributed by atoms with Crippen molar-refractivity contribution >= 4 is 5.82 Å². The van der Waals surface area contributed by atoms with Crippen LogP contribution in [0.4, 0.5) is 10.2 Å². The molecule has 0 atom stereocenters. The molecule has 0 aliphatic heterocycles. The van der Waals surface area contributed by atoms with E-state index in [2.05, 4.69) is 11.1 Å². The highest BCUT2D eigenvalue weighted by molar-refractivity contribution is 5.83. The Hall–Kier alpha value is -3.39. The predicted octanol–water partition coefficient (Wildman–Crippen LogP) is 4.41. The number of nitrogens with zero attached hydrogens (tertiary/aromatic N) is 2. The van der Waals surface area contributed by atoms with Crippen LogP contribution in [0.1, 0.15) is 12.5 Å². The van der Waals surface area contributed by atoms with E-state index in [1.54, 1.807) is 24.3 Å². The SMILES string of the molecule is CCOc1ccccc1-c1cc(-c2ccccc2F)nc(N)c1C#N. The molecule has 0 fully saturated rings. The third-order valence-corrected chi connectivity index (χ3v) is 3.79. The van der Waals surface area contributed by atoms with E-state index in [4.69, 9.17) is 10.5 Å². The largest absolute Gasteiger partial charge is 0.493 e. The summed E-state index contributed by atoms with van der Waals surface area (Å²) in [6, 6.07) is 17.4. The highest BCUT2D eigenvalue weighted by atomic mass is 19.1. The lowest BCUT2D eigenvalue weighted by molar-refractivity contribution is 0.341. The number of nitriles is 1. The molecule has 4 nitrogen and oxygen atoms in total. The molecule has 0 aliphatic carbocycles. The zero-order chi connectivity index (χ0) is 17.8. The molecule has 0 amide bonds. The predicted molar refractivity (Wildman–Crippen MR) is 95.4 cm³/mol. The Morgan fingerprint density at radius 1 is 1.08 bits per heavy atom. The fourth-order valence-corrected chi connectivity index (χ4v) is 2.67. The van der Waals surface area contributed by atoms with Crippen LogP contribution in [0.2, 0.25) is 0 Å². The Bertz CT molecular complexity index is 963. The Kier molecular flexibility index (Phi) is 4.62. The molecule has 1 aromatic heterocycles. The Morgan fingerprint density at radius 3 is 2.44 bits per heavy atom. The van der Waals surface area contributed by atoms with Crippen molar-refractivity contribution in [2.24, 2.45) is 0 Å². The van der Waals surface area contributed by atoms with Crippen molar-refractivity contribution in [3.05, 3.63) is 66.0 Å². The van der Waals surface area contributed by atoms with E-state index in [1.165, 1.54) is 6.07 Å². The molecule has 25 heavy (non-hydrogen) atoms. The number of hydrogen-bond donors (Lipinski definition) is 1. The van der Waals surface area contributed by atoms with E-state index >= 15 is 0 Å². The quantitative estimate of drug-likeness (QED) is 0.768. The molecule has 0 unspecified atom stereocenters. The highest BCUT2D eigenvalue weighted by Crippen LogP contribution is 2.36. The fraction of sp³-hybridized carbons (Fsp3) is 0.100. The maximum Gasteiger partial charge on any atom is 0.142 e.